The summed E-state index contributed by atoms with van der Waals surface area (Å²) in [5.41, 5.74) is 0.876. The van der Waals surface area contributed by atoms with Gasteiger partial charge in [0, 0.05) is 17.3 Å². The second-order valence-electron chi connectivity index (χ2n) is 7.83. The predicted molar refractivity (Wildman–Crippen MR) is 104 cm³/mol. The highest BCUT2D eigenvalue weighted by Crippen LogP contribution is 2.28. The highest BCUT2D eigenvalue weighted by molar-refractivity contribution is 5.97. The molecule has 0 saturated carbocycles. The lowest BCUT2D eigenvalue weighted by Gasteiger charge is -2.32. The third-order valence-corrected chi connectivity index (χ3v) is 5.95. The average molecular weight is 491 g/mol. The summed E-state index contributed by atoms with van der Waals surface area (Å²) < 4.78 is 1.02. The lowest BCUT2D eigenvalue weighted by molar-refractivity contribution is -0.906. The number of amides is 1. The third kappa shape index (κ3) is 5.94. The number of aromatic nitrogens is 1. The van der Waals surface area contributed by atoms with E-state index < -0.39 is 11.5 Å². The van der Waals surface area contributed by atoms with Crippen LogP contribution in [0.3, 0.4) is 0 Å². The molecule has 1 aromatic rings. The standard InChI is InChI=1S/C20H33N3O3.HI/c1-5-23(4,6-2)13-9-10-14(3)21-19(25)17-18(24)15-11-7-8-12-16(15)22-20(17)26;/h14H,5-13H2,1-4H3,(H2-,21,22,24,25,26);1H. The zero-order valence-corrected chi connectivity index (χ0v) is 19.2. The van der Waals surface area contributed by atoms with Crippen molar-refractivity contribution in [3.05, 3.63) is 27.2 Å². The molecular formula is C20H34IN3O3. The molecule has 0 aliphatic heterocycles. The largest absolute Gasteiger partial charge is 1.00 e. The smallest absolute Gasteiger partial charge is 0.264 e. The maximum Gasteiger partial charge on any atom is 0.264 e. The first-order chi connectivity index (χ1) is 12.3. The van der Waals surface area contributed by atoms with Gasteiger partial charge in [0.1, 0.15) is 11.3 Å². The zero-order chi connectivity index (χ0) is 19.3. The summed E-state index contributed by atoms with van der Waals surface area (Å²) in [5.74, 6) is -0.609. The molecule has 1 heterocycles. The van der Waals surface area contributed by atoms with Crippen LogP contribution in [0.5, 0.6) is 5.75 Å². The van der Waals surface area contributed by atoms with Crippen LogP contribution in [0.4, 0.5) is 0 Å². The Kier molecular flexibility index (Phi) is 9.27. The van der Waals surface area contributed by atoms with Gasteiger partial charge in [0.25, 0.3) is 11.5 Å². The van der Waals surface area contributed by atoms with Gasteiger partial charge < -0.3 is 43.9 Å². The van der Waals surface area contributed by atoms with Crippen LogP contribution in [0.2, 0.25) is 0 Å². The van der Waals surface area contributed by atoms with Crippen LogP contribution in [0.25, 0.3) is 0 Å². The molecule has 27 heavy (non-hydrogen) atoms. The van der Waals surface area contributed by atoms with Crippen molar-refractivity contribution < 1.29 is 38.4 Å². The first kappa shape index (κ1) is 23.9. The van der Waals surface area contributed by atoms with Gasteiger partial charge in [-0.3, -0.25) is 9.59 Å². The fourth-order valence-corrected chi connectivity index (χ4v) is 3.66. The molecule has 1 aromatic heterocycles. The third-order valence-electron chi connectivity index (χ3n) is 5.95. The van der Waals surface area contributed by atoms with E-state index >= 15 is 0 Å². The Hall–Kier alpha value is -1.09. The number of rotatable bonds is 8. The van der Waals surface area contributed by atoms with E-state index in [4.69, 9.17) is 0 Å². The molecule has 1 amide bonds. The van der Waals surface area contributed by atoms with E-state index in [1.165, 1.54) is 0 Å². The van der Waals surface area contributed by atoms with Gasteiger partial charge in [0.15, 0.2) is 0 Å². The number of carbonyl (C=O) groups excluding carboxylic acids is 1. The van der Waals surface area contributed by atoms with Gasteiger partial charge in [-0.25, -0.2) is 0 Å². The molecule has 0 radical (unpaired) electrons. The van der Waals surface area contributed by atoms with Crippen molar-refractivity contribution in [1.82, 2.24) is 10.3 Å². The number of hydrogen-bond donors (Lipinski definition) is 3. The Morgan fingerprint density at radius 2 is 1.89 bits per heavy atom. The predicted octanol–water partition coefficient (Wildman–Crippen LogP) is -0.652. The highest BCUT2D eigenvalue weighted by atomic mass is 127. The van der Waals surface area contributed by atoms with Crippen LogP contribution >= 0.6 is 0 Å². The maximum absolute atomic E-state index is 12.6. The quantitative estimate of drug-likeness (QED) is 0.334. The average Bonchev–Trinajstić information content (AvgIpc) is 2.61. The van der Waals surface area contributed by atoms with Gasteiger partial charge in [-0.2, -0.15) is 0 Å². The van der Waals surface area contributed by atoms with Gasteiger partial charge in [-0.1, -0.05) is 0 Å². The maximum atomic E-state index is 12.6. The van der Waals surface area contributed by atoms with Crippen LogP contribution in [0.1, 0.15) is 68.1 Å². The normalized spacial score (nSPS) is 14.8. The zero-order valence-electron chi connectivity index (χ0n) is 17.0. The topological polar surface area (TPSA) is 82.2 Å². The number of aromatic amines is 1. The molecule has 1 aliphatic rings. The minimum atomic E-state index is -0.492. The fraction of sp³-hybridized carbons (Fsp3) is 0.700. The van der Waals surface area contributed by atoms with E-state index in [0.717, 1.165) is 67.5 Å². The molecular weight excluding hydrogens is 457 g/mol. The first-order valence-electron chi connectivity index (χ1n) is 9.92. The number of nitrogens with one attached hydrogen (secondary N) is 2. The molecule has 0 saturated heterocycles. The van der Waals surface area contributed by atoms with E-state index in [0.29, 0.717) is 6.42 Å². The molecule has 0 fully saturated rings. The second-order valence-corrected chi connectivity index (χ2v) is 7.83. The van der Waals surface area contributed by atoms with E-state index in [9.17, 15) is 14.7 Å². The van der Waals surface area contributed by atoms with Crippen molar-refractivity contribution in [2.45, 2.75) is 65.3 Å². The van der Waals surface area contributed by atoms with Crippen LogP contribution in [0.15, 0.2) is 4.79 Å². The minimum Gasteiger partial charge on any atom is -1.00 e. The molecule has 6 nitrogen and oxygen atoms in total. The second kappa shape index (κ2) is 10.5. The molecule has 0 spiro atoms. The number of hydrogen-bond acceptors (Lipinski definition) is 3. The van der Waals surface area contributed by atoms with Crippen LogP contribution in [0, 0.1) is 0 Å². The van der Waals surface area contributed by atoms with Gasteiger partial charge >= 0.3 is 0 Å². The molecule has 7 heteroatoms. The molecule has 1 unspecified atom stereocenters. The Morgan fingerprint density at radius 3 is 2.52 bits per heavy atom. The highest BCUT2D eigenvalue weighted by Gasteiger charge is 2.25. The number of carbonyl (C=O) groups is 1. The number of quaternary nitrogens is 1. The van der Waals surface area contributed by atoms with Crippen molar-refractivity contribution in [3.8, 4) is 5.75 Å². The Balaban J connectivity index is 0.00000364. The number of nitrogens with zero attached hydrogens (tertiary/aromatic N) is 1. The molecule has 154 valence electrons. The fourth-order valence-electron chi connectivity index (χ4n) is 3.66. The van der Waals surface area contributed by atoms with E-state index in [1.54, 1.807) is 0 Å². The summed E-state index contributed by atoms with van der Waals surface area (Å²) in [4.78, 5) is 27.6. The van der Waals surface area contributed by atoms with E-state index in [1.807, 2.05) is 6.92 Å². The summed E-state index contributed by atoms with van der Waals surface area (Å²) in [6, 6.07) is -0.0421. The first-order valence-corrected chi connectivity index (χ1v) is 9.92. The van der Waals surface area contributed by atoms with E-state index in [2.05, 4.69) is 31.2 Å². The summed E-state index contributed by atoms with van der Waals surface area (Å²) >= 11 is 0. The summed E-state index contributed by atoms with van der Waals surface area (Å²) in [6.45, 7) is 9.59. The number of halogens is 1. The van der Waals surface area contributed by atoms with Gasteiger partial charge in [0.05, 0.1) is 26.7 Å². The van der Waals surface area contributed by atoms with Crippen molar-refractivity contribution in [2.24, 2.45) is 0 Å². The van der Waals surface area contributed by atoms with Crippen LogP contribution < -0.4 is 34.9 Å². The molecule has 3 N–H and O–H groups in total. The SMILES string of the molecule is CC[N+](C)(CC)CCCC(C)NC(=O)c1c(O)c2c([nH]c1=O)CCCC2.[I-]. The van der Waals surface area contributed by atoms with Crippen molar-refractivity contribution in [1.29, 1.82) is 0 Å². The van der Waals surface area contributed by atoms with E-state index in [-0.39, 0.29) is 41.3 Å². The Bertz CT molecular complexity index is 698. The summed E-state index contributed by atoms with van der Waals surface area (Å²) in [6.07, 6.45) is 5.28. The van der Waals surface area contributed by atoms with Gasteiger partial charge in [0.2, 0.25) is 0 Å². The number of fused-ring (bicyclic) bond motifs is 1. The number of H-pyrrole nitrogens is 1. The number of pyridine rings is 1. The van der Waals surface area contributed by atoms with Gasteiger partial charge in [-0.15, -0.1) is 0 Å². The van der Waals surface area contributed by atoms with Crippen molar-refractivity contribution in [2.75, 3.05) is 26.7 Å². The summed E-state index contributed by atoms with van der Waals surface area (Å²) in [7, 11) is 2.24. The molecule has 1 aliphatic carbocycles. The Morgan fingerprint density at radius 1 is 1.26 bits per heavy atom. The number of aryl methyl sites for hydroxylation is 1. The molecule has 0 bridgehead atoms. The lowest BCUT2D eigenvalue weighted by atomic mass is 9.93. The number of aromatic hydroxyl groups is 1. The lowest BCUT2D eigenvalue weighted by Crippen LogP contribution is -3.00. The molecule has 2 rings (SSSR count). The Labute approximate surface area is 179 Å². The minimum absolute atomic E-state index is 0. The molecule has 0 aromatic carbocycles. The van der Waals surface area contributed by atoms with Gasteiger partial charge in [-0.05, 0) is 59.3 Å². The van der Waals surface area contributed by atoms with Crippen LogP contribution in [-0.2, 0) is 12.8 Å². The molecule has 1 atom stereocenters. The monoisotopic (exact) mass is 491 g/mol. The summed E-state index contributed by atoms with van der Waals surface area (Å²) in [5, 5.41) is 13.3. The van der Waals surface area contributed by atoms with Crippen LogP contribution in [-0.4, -0.2) is 53.2 Å². The van der Waals surface area contributed by atoms with Crippen molar-refractivity contribution >= 4 is 5.91 Å². The van der Waals surface area contributed by atoms with Crippen molar-refractivity contribution in [3.63, 3.8) is 0 Å².